The second kappa shape index (κ2) is 8.26. The van der Waals surface area contributed by atoms with Gasteiger partial charge in [-0.05, 0) is 45.0 Å². The minimum atomic E-state index is -0.323. The van der Waals surface area contributed by atoms with Crippen molar-refractivity contribution in [1.82, 2.24) is 14.9 Å². The van der Waals surface area contributed by atoms with E-state index in [2.05, 4.69) is 34.3 Å². The van der Waals surface area contributed by atoms with Gasteiger partial charge < -0.3 is 14.7 Å². The molecular weight excluding hydrogens is 366 g/mol. The molecule has 1 N–H and O–H groups in total. The first kappa shape index (κ1) is 19.0. The van der Waals surface area contributed by atoms with E-state index in [-0.39, 0.29) is 11.6 Å². The summed E-state index contributed by atoms with van der Waals surface area (Å²) in [6.07, 6.45) is 3.23. The van der Waals surface area contributed by atoms with Crippen LogP contribution >= 0.6 is 11.6 Å². The van der Waals surface area contributed by atoms with Crippen LogP contribution in [0.4, 0.5) is 11.4 Å². The Hall–Kier alpha value is -2.80. The highest BCUT2D eigenvalue weighted by Crippen LogP contribution is 2.20. The summed E-state index contributed by atoms with van der Waals surface area (Å²) in [5, 5.41) is 11.5. The molecule has 1 aromatic carbocycles. The maximum absolute atomic E-state index is 12.7. The summed E-state index contributed by atoms with van der Waals surface area (Å²) in [7, 11) is 0. The molecule has 0 aliphatic carbocycles. The highest BCUT2D eigenvalue weighted by Gasteiger charge is 2.20. The summed E-state index contributed by atoms with van der Waals surface area (Å²) < 4.78 is 6.86. The summed E-state index contributed by atoms with van der Waals surface area (Å²) in [5.74, 6) is 0.249. The number of hydrogen-bond donors (Lipinski definition) is 1. The van der Waals surface area contributed by atoms with Crippen molar-refractivity contribution in [2.24, 2.45) is 0 Å². The van der Waals surface area contributed by atoms with Crippen LogP contribution in [-0.2, 0) is 6.54 Å². The lowest BCUT2D eigenvalue weighted by Crippen LogP contribution is -2.21. The largest absolute Gasteiger partial charge is 0.372 e. The van der Waals surface area contributed by atoms with E-state index < -0.39 is 0 Å². The third kappa shape index (κ3) is 4.31. The first-order chi connectivity index (χ1) is 13.0. The van der Waals surface area contributed by atoms with Crippen LogP contribution in [0.5, 0.6) is 0 Å². The molecule has 0 unspecified atom stereocenters. The fourth-order valence-electron chi connectivity index (χ4n) is 2.88. The van der Waals surface area contributed by atoms with Crippen molar-refractivity contribution >= 4 is 28.9 Å². The van der Waals surface area contributed by atoms with Crippen LogP contribution in [0.15, 0.2) is 41.2 Å². The predicted molar refractivity (Wildman–Crippen MR) is 106 cm³/mol. The number of amides is 1. The number of nitrogens with zero attached hydrogens (tertiary/aromatic N) is 4. The first-order valence-corrected chi connectivity index (χ1v) is 9.19. The van der Waals surface area contributed by atoms with Gasteiger partial charge >= 0.3 is 0 Å². The zero-order valence-corrected chi connectivity index (χ0v) is 16.3. The number of aromatic nitrogens is 3. The SMILES string of the molecule is CCN(CC)c1ccc(NC(=O)c2noc(C)c2Cn2cc(Cl)cn2)cc1. The Morgan fingerprint density at radius 3 is 2.56 bits per heavy atom. The van der Waals surface area contributed by atoms with Gasteiger partial charge in [0.2, 0.25) is 0 Å². The van der Waals surface area contributed by atoms with Crippen LogP contribution in [-0.4, -0.2) is 33.9 Å². The van der Waals surface area contributed by atoms with E-state index in [1.165, 1.54) is 0 Å². The monoisotopic (exact) mass is 387 g/mol. The van der Waals surface area contributed by atoms with Gasteiger partial charge in [0.25, 0.3) is 5.91 Å². The van der Waals surface area contributed by atoms with Crippen molar-refractivity contribution < 1.29 is 9.32 Å². The Morgan fingerprint density at radius 1 is 1.26 bits per heavy atom. The molecule has 8 heteroatoms. The van der Waals surface area contributed by atoms with Gasteiger partial charge in [0, 0.05) is 36.2 Å². The topological polar surface area (TPSA) is 76.2 Å². The lowest BCUT2D eigenvalue weighted by molar-refractivity contribution is 0.101. The second-order valence-electron chi connectivity index (χ2n) is 6.10. The maximum Gasteiger partial charge on any atom is 0.278 e. The van der Waals surface area contributed by atoms with Gasteiger partial charge in [-0.2, -0.15) is 5.10 Å². The number of hydrogen-bond acceptors (Lipinski definition) is 5. The Morgan fingerprint density at radius 2 is 1.96 bits per heavy atom. The highest BCUT2D eigenvalue weighted by molar-refractivity contribution is 6.30. The zero-order chi connectivity index (χ0) is 19.4. The van der Waals surface area contributed by atoms with E-state index in [4.69, 9.17) is 16.1 Å². The lowest BCUT2D eigenvalue weighted by atomic mass is 10.1. The van der Waals surface area contributed by atoms with Crippen LogP contribution in [0, 0.1) is 6.92 Å². The van der Waals surface area contributed by atoms with E-state index in [0.29, 0.717) is 28.6 Å². The summed E-state index contributed by atoms with van der Waals surface area (Å²) in [6, 6.07) is 7.74. The van der Waals surface area contributed by atoms with Gasteiger partial charge in [0.05, 0.1) is 17.8 Å². The van der Waals surface area contributed by atoms with E-state index in [0.717, 1.165) is 18.8 Å². The molecular formula is C19H22ClN5O2. The number of aryl methyl sites for hydroxylation is 1. The molecule has 142 valence electrons. The molecule has 2 heterocycles. The van der Waals surface area contributed by atoms with Gasteiger partial charge in [-0.3, -0.25) is 9.48 Å². The number of anilines is 2. The van der Waals surface area contributed by atoms with Crippen molar-refractivity contribution in [3.63, 3.8) is 0 Å². The smallest absolute Gasteiger partial charge is 0.278 e. The predicted octanol–water partition coefficient (Wildman–Crippen LogP) is 3.98. The number of rotatable bonds is 7. The van der Waals surface area contributed by atoms with Crippen molar-refractivity contribution in [3.05, 3.63) is 58.7 Å². The normalized spacial score (nSPS) is 10.8. The molecule has 0 bridgehead atoms. The van der Waals surface area contributed by atoms with E-state index >= 15 is 0 Å². The molecule has 0 radical (unpaired) electrons. The Labute approximate surface area is 162 Å². The lowest BCUT2D eigenvalue weighted by Gasteiger charge is -2.21. The number of nitrogens with one attached hydrogen (secondary N) is 1. The quantitative estimate of drug-likeness (QED) is 0.663. The van der Waals surface area contributed by atoms with Crippen molar-refractivity contribution in [1.29, 1.82) is 0 Å². The summed E-state index contributed by atoms with van der Waals surface area (Å²) in [6.45, 7) is 8.21. The van der Waals surface area contributed by atoms with E-state index in [1.807, 2.05) is 24.3 Å². The van der Waals surface area contributed by atoms with Gasteiger partial charge in [-0.25, -0.2) is 0 Å². The van der Waals surface area contributed by atoms with E-state index in [1.54, 1.807) is 24.0 Å². The average Bonchev–Trinajstić information content (AvgIpc) is 3.24. The molecule has 3 rings (SSSR count). The fourth-order valence-corrected chi connectivity index (χ4v) is 3.03. The molecule has 1 amide bonds. The second-order valence-corrected chi connectivity index (χ2v) is 6.53. The Kier molecular flexibility index (Phi) is 5.81. The van der Waals surface area contributed by atoms with Crippen LogP contribution in [0.2, 0.25) is 5.02 Å². The number of halogens is 1. The van der Waals surface area contributed by atoms with Crippen LogP contribution in [0.3, 0.4) is 0 Å². The van der Waals surface area contributed by atoms with Gasteiger partial charge in [-0.1, -0.05) is 16.8 Å². The highest BCUT2D eigenvalue weighted by atomic mass is 35.5. The molecule has 0 fully saturated rings. The fraction of sp³-hybridized carbons (Fsp3) is 0.316. The van der Waals surface area contributed by atoms with Crippen LogP contribution in [0.25, 0.3) is 0 Å². The summed E-state index contributed by atoms with van der Waals surface area (Å²) >= 11 is 5.90. The van der Waals surface area contributed by atoms with Crippen molar-refractivity contribution in [2.75, 3.05) is 23.3 Å². The molecule has 0 aliphatic heterocycles. The van der Waals surface area contributed by atoms with Crippen LogP contribution < -0.4 is 10.2 Å². The Balaban J connectivity index is 1.75. The minimum absolute atomic E-state index is 0.243. The number of carbonyl (C=O) groups is 1. The number of benzene rings is 1. The summed E-state index contributed by atoms with van der Waals surface area (Å²) in [4.78, 5) is 14.9. The zero-order valence-electron chi connectivity index (χ0n) is 15.6. The molecule has 0 spiro atoms. The van der Waals surface area contributed by atoms with Gasteiger partial charge in [-0.15, -0.1) is 0 Å². The van der Waals surface area contributed by atoms with E-state index in [9.17, 15) is 4.79 Å². The minimum Gasteiger partial charge on any atom is -0.372 e. The molecule has 0 saturated heterocycles. The molecule has 2 aromatic heterocycles. The third-order valence-electron chi connectivity index (χ3n) is 4.38. The molecule has 0 saturated carbocycles. The van der Waals surface area contributed by atoms with Gasteiger partial charge in [0.15, 0.2) is 5.69 Å². The van der Waals surface area contributed by atoms with Crippen molar-refractivity contribution in [3.8, 4) is 0 Å². The van der Waals surface area contributed by atoms with Crippen LogP contribution in [0.1, 0.15) is 35.7 Å². The molecule has 27 heavy (non-hydrogen) atoms. The first-order valence-electron chi connectivity index (χ1n) is 8.81. The Bertz CT molecular complexity index is 913. The average molecular weight is 388 g/mol. The molecule has 0 aliphatic rings. The maximum atomic E-state index is 12.7. The standard InChI is InChI=1S/C19H22ClN5O2/c1-4-24(5-2)16-8-6-15(7-9-16)22-19(26)18-17(13(3)27-23-18)12-25-11-14(20)10-21-25/h6-11H,4-5,12H2,1-3H3,(H,22,26). The number of carbonyl (C=O) groups excluding carboxylic acids is 1. The van der Waals surface area contributed by atoms with Gasteiger partial charge in [0.1, 0.15) is 5.76 Å². The molecule has 3 aromatic rings. The summed E-state index contributed by atoms with van der Waals surface area (Å²) in [5.41, 5.74) is 2.73. The third-order valence-corrected chi connectivity index (χ3v) is 4.57. The van der Waals surface area contributed by atoms with Crippen molar-refractivity contribution in [2.45, 2.75) is 27.3 Å². The molecule has 0 atom stereocenters. The molecule has 7 nitrogen and oxygen atoms in total.